The van der Waals surface area contributed by atoms with Crippen LogP contribution in [0.4, 0.5) is 0 Å². The van der Waals surface area contributed by atoms with Crippen molar-refractivity contribution in [2.45, 2.75) is 23.9 Å². The van der Waals surface area contributed by atoms with Gasteiger partial charge in [-0.05, 0) is 0 Å². The summed E-state index contributed by atoms with van der Waals surface area (Å²) in [6.45, 7) is 4.59. The van der Waals surface area contributed by atoms with E-state index in [-0.39, 0.29) is 17.1 Å². The molecule has 0 amide bonds. The zero-order valence-electron chi connectivity index (χ0n) is 4.12. The van der Waals surface area contributed by atoms with Crippen LogP contribution in [0.15, 0.2) is 0 Å². The maximum atomic E-state index is 2.30. The Kier molecular flexibility index (Phi) is 5.20. The fourth-order valence-electron chi connectivity index (χ4n) is 0.354. The Morgan fingerprint density at radius 3 is 1.60 bits per heavy atom. The second kappa shape index (κ2) is 4.62. The standard InChI is InChI=1S/2C2H5.Zn/c2*1-2;/h2*1H2,2H3;/i;;1-43. The van der Waals surface area contributed by atoms with Gasteiger partial charge < -0.3 is 0 Å². The molecule has 0 aromatic rings. The Balaban J connectivity index is 2.19. The number of rotatable bonds is 2. The van der Waals surface area contributed by atoms with Crippen molar-refractivity contribution in [2.75, 3.05) is 0 Å². The van der Waals surface area contributed by atoms with Crippen molar-refractivity contribution in [1.82, 2.24) is 0 Å². The van der Waals surface area contributed by atoms with Gasteiger partial charge in [-0.15, -0.1) is 0 Å². The Morgan fingerprint density at radius 1 is 1.20 bits per heavy atom. The van der Waals surface area contributed by atoms with E-state index in [1.165, 1.54) is 10.0 Å². The topological polar surface area (TPSA) is 0 Å². The molecule has 1 heteroatoms. The Labute approximate surface area is 41.6 Å². The minimum absolute atomic E-state index is 0.0972. The van der Waals surface area contributed by atoms with Crippen LogP contribution in [0, 0.1) is 0 Å². The Hall–Kier alpha value is 0.623. The molecule has 0 aromatic carbocycles. The number of hydrogen-bond acceptors (Lipinski definition) is 0. The van der Waals surface area contributed by atoms with Gasteiger partial charge in [0.05, 0.1) is 0 Å². The van der Waals surface area contributed by atoms with Crippen LogP contribution in [0.2, 0.25) is 10.0 Å². The molecule has 0 unspecified atom stereocenters. The quantitative estimate of drug-likeness (QED) is 0.445. The molecule has 0 saturated carbocycles. The van der Waals surface area contributed by atoms with Crippen LogP contribution in [-0.4, -0.2) is 0 Å². The predicted molar refractivity (Wildman–Crippen MR) is 21.0 cm³/mol. The van der Waals surface area contributed by atoms with Gasteiger partial charge in [0.15, 0.2) is 0 Å². The molecule has 0 heterocycles. The van der Waals surface area contributed by atoms with Gasteiger partial charge in [-0.25, -0.2) is 0 Å². The van der Waals surface area contributed by atoms with Crippen LogP contribution in [0.25, 0.3) is 0 Å². The zero-order chi connectivity index (χ0) is 4.12. The van der Waals surface area contributed by atoms with Gasteiger partial charge in [-0.1, -0.05) is 0 Å². The third kappa shape index (κ3) is 4.62. The molecule has 0 fully saturated rings. The first-order chi connectivity index (χ1) is 2.41. The third-order valence-electron chi connectivity index (χ3n) is 0.707. The molecular formula is C4H10Zn. The summed E-state index contributed by atoms with van der Waals surface area (Å²) in [5.41, 5.74) is 0. The summed E-state index contributed by atoms with van der Waals surface area (Å²) in [5, 5.41) is 3.06. The van der Waals surface area contributed by atoms with Crippen molar-refractivity contribution in [3.8, 4) is 0 Å². The van der Waals surface area contributed by atoms with Crippen LogP contribution in [0.5, 0.6) is 0 Å². The first kappa shape index (κ1) is 5.62. The van der Waals surface area contributed by atoms with E-state index in [0.29, 0.717) is 0 Å². The second-order valence-electron chi connectivity index (χ2n) is 1.35. The van der Waals surface area contributed by atoms with E-state index in [0.717, 1.165) is 0 Å². The molecule has 0 radical (unpaired) electrons. The SMILES string of the molecule is C[CH2][22Zn][CH2]C. The molecule has 0 aliphatic carbocycles. The van der Waals surface area contributed by atoms with Gasteiger partial charge in [-0.3, -0.25) is 0 Å². The van der Waals surface area contributed by atoms with Crippen molar-refractivity contribution in [2.24, 2.45) is 0 Å². The van der Waals surface area contributed by atoms with Gasteiger partial charge in [0.2, 0.25) is 0 Å². The minimum atomic E-state index is 0.0972. The Morgan fingerprint density at radius 2 is 1.60 bits per heavy atom. The van der Waals surface area contributed by atoms with E-state index in [1.54, 1.807) is 0 Å². The molecule has 5 heavy (non-hydrogen) atoms. The van der Waals surface area contributed by atoms with Gasteiger partial charge in [0, 0.05) is 0 Å². The molecule has 0 aliphatic heterocycles. The molecule has 0 N–H and O–H groups in total. The van der Waals surface area contributed by atoms with Crippen molar-refractivity contribution < 1.29 is 17.1 Å². The summed E-state index contributed by atoms with van der Waals surface area (Å²) in [4.78, 5) is 0. The van der Waals surface area contributed by atoms with E-state index >= 15 is 0 Å². The normalized spacial score (nSPS) is 6.80. The van der Waals surface area contributed by atoms with Gasteiger partial charge in [-0.2, -0.15) is 0 Å². The summed E-state index contributed by atoms with van der Waals surface area (Å²) in [6.07, 6.45) is 0. The summed E-state index contributed by atoms with van der Waals surface area (Å²) < 4.78 is 0. The Bertz CT molecular complexity index is 11.1. The molecular weight excluding hydrogens is 70.0 g/mol. The molecule has 0 saturated heterocycles. The maximum absolute atomic E-state index is 2.30. The van der Waals surface area contributed by atoms with Gasteiger partial charge in [0.1, 0.15) is 0 Å². The molecule has 0 spiro atoms. The first-order valence-electron chi connectivity index (χ1n) is 2.41. The third-order valence-corrected chi connectivity index (χ3v) is 3.67. The molecule has 0 aliphatic rings. The fourth-order valence-corrected chi connectivity index (χ4v) is 1.84. The van der Waals surface area contributed by atoms with E-state index in [4.69, 9.17) is 0 Å². The van der Waals surface area contributed by atoms with Crippen molar-refractivity contribution in [1.29, 1.82) is 0 Å². The average Bonchev–Trinajstić information content (AvgIpc) is 1.41. The second-order valence-corrected chi connectivity index (χ2v) is 7.03. The van der Waals surface area contributed by atoms with Crippen LogP contribution in [0.1, 0.15) is 13.8 Å². The van der Waals surface area contributed by atoms with E-state index < -0.39 is 0 Å². The molecule has 0 bridgehead atoms. The van der Waals surface area contributed by atoms with Crippen LogP contribution in [-0.2, 0) is 17.1 Å². The van der Waals surface area contributed by atoms with Crippen molar-refractivity contribution in [3.05, 3.63) is 0 Å². The van der Waals surface area contributed by atoms with E-state index in [1.807, 2.05) is 0 Å². The molecule has 28 valence electrons. The average molecular weight is 80.1 g/mol. The molecule has 0 rings (SSSR count). The van der Waals surface area contributed by atoms with Gasteiger partial charge in [0.25, 0.3) is 0 Å². The van der Waals surface area contributed by atoms with Crippen LogP contribution >= 0.6 is 0 Å². The van der Waals surface area contributed by atoms with Crippen LogP contribution in [0.3, 0.4) is 0 Å². The van der Waals surface area contributed by atoms with Crippen LogP contribution < -0.4 is 0 Å². The van der Waals surface area contributed by atoms with Crippen molar-refractivity contribution >= 4 is 0 Å². The predicted octanol–water partition coefficient (Wildman–Crippen LogP) is 1.95. The molecule has 0 atom stereocenters. The summed E-state index contributed by atoms with van der Waals surface area (Å²) in [6, 6.07) is 0. The summed E-state index contributed by atoms with van der Waals surface area (Å²) in [7, 11) is 0. The molecule has 0 aromatic heterocycles. The summed E-state index contributed by atoms with van der Waals surface area (Å²) >= 11 is 0.0972. The van der Waals surface area contributed by atoms with Gasteiger partial charge >= 0.3 is 41.0 Å². The fraction of sp³-hybridized carbons (Fsp3) is 1.00. The first-order valence-corrected chi connectivity index (χ1v) is 6.61. The van der Waals surface area contributed by atoms with E-state index in [9.17, 15) is 0 Å². The zero-order valence-corrected chi connectivity index (χ0v) is 7.09. The van der Waals surface area contributed by atoms with Crippen molar-refractivity contribution in [3.63, 3.8) is 0 Å². The summed E-state index contributed by atoms with van der Waals surface area (Å²) in [5.74, 6) is 0. The monoisotopic (exact) mass is 80.1 g/mol. The number of hydrogen-bond donors (Lipinski definition) is 0. The van der Waals surface area contributed by atoms with E-state index in [2.05, 4.69) is 13.8 Å². The molecule has 0 nitrogen and oxygen atoms in total.